The fourth-order valence-corrected chi connectivity index (χ4v) is 2.51. The molecule has 1 heterocycles. The molecule has 0 radical (unpaired) electrons. The Labute approximate surface area is 146 Å². The molecule has 8 nitrogen and oxygen atoms in total. The third-order valence-corrected chi connectivity index (χ3v) is 3.86. The van der Waals surface area contributed by atoms with E-state index < -0.39 is 10.8 Å². The second kappa shape index (κ2) is 6.40. The van der Waals surface area contributed by atoms with Crippen molar-refractivity contribution in [2.75, 3.05) is 12.1 Å². The van der Waals surface area contributed by atoms with Crippen molar-refractivity contribution in [1.82, 2.24) is 0 Å². The van der Waals surface area contributed by atoms with Gasteiger partial charge in [0.05, 0.1) is 10.6 Å². The van der Waals surface area contributed by atoms with Gasteiger partial charge in [0, 0.05) is 23.3 Å². The Morgan fingerprint density at radius 1 is 1.20 bits per heavy atom. The number of anilines is 1. The van der Waals surface area contributed by atoms with Crippen LogP contribution < -0.4 is 14.8 Å². The minimum Gasteiger partial charge on any atom is -0.454 e. The first kappa shape index (κ1) is 16.7. The van der Waals surface area contributed by atoms with Crippen LogP contribution in [0, 0.1) is 10.1 Å². The van der Waals surface area contributed by atoms with E-state index >= 15 is 0 Å². The molecule has 0 saturated heterocycles. The Morgan fingerprint density at radius 3 is 2.52 bits per heavy atom. The maximum atomic E-state index is 12.4. The first-order chi connectivity index (χ1) is 11.9. The number of halogens is 1. The van der Waals surface area contributed by atoms with Crippen LogP contribution in [-0.2, 0) is 0 Å². The molecule has 0 spiro atoms. The number of rotatable bonds is 4. The molecule has 0 unspecified atom stereocenters. The third kappa shape index (κ3) is 3.24. The zero-order valence-corrected chi connectivity index (χ0v) is 13.6. The van der Waals surface area contributed by atoms with E-state index in [-0.39, 0.29) is 40.1 Å². The highest BCUT2D eigenvalue weighted by Crippen LogP contribution is 2.37. The summed E-state index contributed by atoms with van der Waals surface area (Å²) in [6.45, 7) is 1.37. The number of nitrogens with zero attached hydrogens (tertiary/aromatic N) is 1. The van der Waals surface area contributed by atoms with E-state index in [1.54, 1.807) is 0 Å². The number of carbonyl (C=O) groups is 2. The van der Waals surface area contributed by atoms with Gasteiger partial charge in [0.2, 0.25) is 6.79 Å². The summed E-state index contributed by atoms with van der Waals surface area (Å²) in [6, 6.07) is 6.63. The number of carbonyl (C=O) groups excluding carboxylic acids is 2. The summed E-state index contributed by atoms with van der Waals surface area (Å²) in [5, 5.41) is 13.4. The topological polar surface area (TPSA) is 108 Å². The number of fused-ring (bicyclic) bond motifs is 1. The number of benzene rings is 2. The highest BCUT2D eigenvalue weighted by molar-refractivity contribution is 6.32. The number of amides is 1. The third-order valence-electron chi connectivity index (χ3n) is 3.55. The second-order valence-corrected chi connectivity index (χ2v) is 5.59. The average molecular weight is 363 g/mol. The maximum Gasteiger partial charge on any atom is 0.288 e. The Balaban J connectivity index is 1.95. The molecular formula is C16H11ClN2O6. The number of nitro benzene ring substituents is 1. The highest BCUT2D eigenvalue weighted by atomic mass is 35.5. The van der Waals surface area contributed by atoms with E-state index in [0.29, 0.717) is 11.5 Å². The van der Waals surface area contributed by atoms with Crippen LogP contribution in [0.4, 0.5) is 11.4 Å². The molecule has 0 fully saturated rings. The van der Waals surface area contributed by atoms with Gasteiger partial charge in [-0.05, 0) is 25.1 Å². The first-order valence-electron chi connectivity index (χ1n) is 7.06. The molecule has 0 aliphatic carbocycles. The first-order valence-corrected chi connectivity index (χ1v) is 7.44. The minimum absolute atomic E-state index is 0.0213. The van der Waals surface area contributed by atoms with Crippen LogP contribution in [0.15, 0.2) is 30.3 Å². The van der Waals surface area contributed by atoms with Gasteiger partial charge < -0.3 is 14.8 Å². The summed E-state index contributed by atoms with van der Waals surface area (Å²) < 4.78 is 10.4. The fourth-order valence-electron chi connectivity index (χ4n) is 2.32. The van der Waals surface area contributed by atoms with Crippen LogP contribution in [0.25, 0.3) is 0 Å². The molecule has 1 amide bonds. The summed E-state index contributed by atoms with van der Waals surface area (Å²) >= 11 is 5.74. The molecule has 9 heteroatoms. The zero-order chi connectivity index (χ0) is 18.1. The number of nitrogens with one attached hydrogen (secondary N) is 1. The summed E-state index contributed by atoms with van der Waals surface area (Å²) in [7, 11) is 0. The lowest BCUT2D eigenvalue weighted by atomic mass is 10.1. The van der Waals surface area contributed by atoms with Crippen molar-refractivity contribution in [3.05, 3.63) is 56.6 Å². The Kier molecular flexibility index (Phi) is 4.28. The lowest BCUT2D eigenvalue weighted by Crippen LogP contribution is -2.14. The molecule has 1 N–H and O–H groups in total. The standard InChI is InChI=1S/C16H11ClN2O6/c1-8(20)10-5-14-15(25-7-24-14)6-12(10)18-16(21)9-2-3-11(17)13(4-9)19(22)23/h2-6H,7H2,1H3,(H,18,21). The van der Waals surface area contributed by atoms with Crippen molar-refractivity contribution >= 4 is 34.7 Å². The molecule has 0 bridgehead atoms. The molecule has 0 aromatic heterocycles. The van der Waals surface area contributed by atoms with Crippen molar-refractivity contribution in [2.24, 2.45) is 0 Å². The molecule has 128 valence electrons. The van der Waals surface area contributed by atoms with Crippen LogP contribution in [-0.4, -0.2) is 23.4 Å². The predicted molar refractivity (Wildman–Crippen MR) is 88.6 cm³/mol. The van der Waals surface area contributed by atoms with Gasteiger partial charge in [-0.3, -0.25) is 19.7 Å². The van der Waals surface area contributed by atoms with Crippen molar-refractivity contribution in [1.29, 1.82) is 0 Å². The Bertz CT molecular complexity index is 912. The van der Waals surface area contributed by atoms with Gasteiger partial charge in [-0.15, -0.1) is 0 Å². The minimum atomic E-state index is -0.680. The monoisotopic (exact) mass is 362 g/mol. The number of hydrogen-bond donors (Lipinski definition) is 1. The molecule has 1 aliphatic heterocycles. The normalized spacial score (nSPS) is 11.9. The van der Waals surface area contributed by atoms with E-state index in [9.17, 15) is 19.7 Å². The predicted octanol–water partition coefficient (Wildman–Crippen LogP) is 3.43. The van der Waals surface area contributed by atoms with Crippen molar-refractivity contribution < 1.29 is 24.0 Å². The second-order valence-electron chi connectivity index (χ2n) is 5.18. The molecule has 25 heavy (non-hydrogen) atoms. The molecule has 1 aliphatic rings. The average Bonchev–Trinajstić information content (AvgIpc) is 3.01. The maximum absolute atomic E-state index is 12.4. The van der Waals surface area contributed by atoms with Crippen LogP contribution in [0.3, 0.4) is 0 Å². The van der Waals surface area contributed by atoms with Crippen LogP contribution in [0.2, 0.25) is 5.02 Å². The smallest absolute Gasteiger partial charge is 0.288 e. The molecule has 3 rings (SSSR count). The van der Waals surface area contributed by atoms with Gasteiger partial charge in [0.1, 0.15) is 5.02 Å². The summed E-state index contributed by atoms with van der Waals surface area (Å²) in [4.78, 5) is 34.5. The largest absolute Gasteiger partial charge is 0.454 e. The van der Waals surface area contributed by atoms with Gasteiger partial charge in [-0.1, -0.05) is 11.6 Å². The van der Waals surface area contributed by atoms with E-state index in [1.165, 1.54) is 31.2 Å². The fraction of sp³-hybridized carbons (Fsp3) is 0.125. The highest BCUT2D eigenvalue weighted by Gasteiger charge is 2.22. The molecule has 2 aromatic carbocycles. The van der Waals surface area contributed by atoms with E-state index in [0.717, 1.165) is 6.07 Å². The molecule has 0 saturated carbocycles. The number of nitro groups is 1. The zero-order valence-electron chi connectivity index (χ0n) is 12.9. The Morgan fingerprint density at radius 2 is 1.88 bits per heavy atom. The number of hydrogen-bond acceptors (Lipinski definition) is 6. The van der Waals surface area contributed by atoms with Gasteiger partial charge in [0.15, 0.2) is 17.3 Å². The summed E-state index contributed by atoms with van der Waals surface area (Å²) in [5.41, 5.74) is 0.107. The van der Waals surface area contributed by atoms with E-state index in [2.05, 4.69) is 5.32 Å². The lowest BCUT2D eigenvalue weighted by molar-refractivity contribution is -0.384. The quantitative estimate of drug-likeness (QED) is 0.507. The number of ketones is 1. The SMILES string of the molecule is CC(=O)c1cc2c(cc1NC(=O)c1ccc(Cl)c([N+](=O)[O-])c1)OCO2. The van der Waals surface area contributed by atoms with E-state index in [4.69, 9.17) is 21.1 Å². The molecule has 0 atom stereocenters. The van der Waals surface area contributed by atoms with Crippen molar-refractivity contribution in [3.8, 4) is 11.5 Å². The van der Waals surface area contributed by atoms with Crippen LogP contribution >= 0.6 is 11.6 Å². The number of Topliss-reactive ketones (excluding diaryl/α,β-unsaturated/α-hetero) is 1. The van der Waals surface area contributed by atoms with E-state index in [1.807, 2.05) is 0 Å². The van der Waals surface area contributed by atoms with Gasteiger partial charge in [-0.2, -0.15) is 0 Å². The van der Waals surface area contributed by atoms with Crippen LogP contribution in [0.1, 0.15) is 27.6 Å². The lowest BCUT2D eigenvalue weighted by Gasteiger charge is -2.11. The van der Waals surface area contributed by atoms with Crippen molar-refractivity contribution in [2.45, 2.75) is 6.92 Å². The summed E-state index contributed by atoms with van der Waals surface area (Å²) in [6.07, 6.45) is 0. The Hall–Kier alpha value is -3.13. The van der Waals surface area contributed by atoms with Crippen LogP contribution in [0.5, 0.6) is 11.5 Å². The molecule has 2 aromatic rings. The summed E-state index contributed by atoms with van der Waals surface area (Å²) in [5.74, 6) is -0.107. The van der Waals surface area contributed by atoms with Gasteiger partial charge in [-0.25, -0.2) is 0 Å². The number of ether oxygens (including phenoxy) is 2. The van der Waals surface area contributed by atoms with Crippen molar-refractivity contribution in [3.63, 3.8) is 0 Å². The van der Waals surface area contributed by atoms with Gasteiger partial charge in [0.25, 0.3) is 11.6 Å². The molecular weight excluding hydrogens is 352 g/mol. The van der Waals surface area contributed by atoms with Gasteiger partial charge >= 0.3 is 0 Å².